The monoisotopic (exact) mass is 1120 g/mol. The summed E-state index contributed by atoms with van der Waals surface area (Å²) in [5.74, 6) is 6.24. The zero-order valence-electron chi connectivity index (χ0n) is 48.0. The van der Waals surface area contributed by atoms with Gasteiger partial charge in [-0.1, -0.05) is 158 Å². The molecule has 0 amide bonds. The van der Waals surface area contributed by atoms with Crippen LogP contribution in [0.1, 0.15) is 172 Å². The molecule has 404 valence electrons. The van der Waals surface area contributed by atoms with Crippen LogP contribution in [0.25, 0.3) is 10.6 Å². The van der Waals surface area contributed by atoms with Crippen molar-refractivity contribution < 1.29 is 33.0 Å². The molecule has 8 aliphatic carbocycles. The number of nitrogens with zero attached hydrogens (tertiary/aromatic N) is 4. The van der Waals surface area contributed by atoms with E-state index in [0.717, 1.165) is 81.1 Å². The number of hydrogen-bond donors (Lipinski definition) is 0. The van der Waals surface area contributed by atoms with Crippen molar-refractivity contribution in [3.05, 3.63) is 149 Å². The summed E-state index contributed by atoms with van der Waals surface area (Å²) in [6.45, 7) is 33.6. The average molecular weight is 1120 g/mol. The topological polar surface area (TPSA) is 52.9 Å². The quantitative estimate of drug-likeness (QED) is 0.100. The maximum absolute atomic E-state index is 5.69. The summed E-state index contributed by atoms with van der Waals surface area (Å²) in [6.07, 6.45) is 21.5. The molecule has 4 aromatic carbocycles. The number of benzene rings is 4. The summed E-state index contributed by atoms with van der Waals surface area (Å²) in [5.41, 5.74) is 23.0. The molecule has 0 radical (unpaired) electrons. The Morgan fingerprint density at radius 1 is 0.392 bits per heavy atom. The van der Waals surface area contributed by atoms with Crippen LogP contribution in [0.2, 0.25) is 0 Å². The zero-order chi connectivity index (χ0) is 52.4. The van der Waals surface area contributed by atoms with Crippen molar-refractivity contribution in [3.8, 4) is 0 Å². The van der Waals surface area contributed by atoms with Gasteiger partial charge in [0.25, 0.3) is 0 Å². The van der Waals surface area contributed by atoms with Crippen molar-refractivity contribution in [1.29, 1.82) is 0 Å². The van der Waals surface area contributed by atoms with E-state index in [2.05, 4.69) is 144 Å². The van der Waals surface area contributed by atoms with Gasteiger partial charge in [-0.3, -0.25) is 9.98 Å². The molecule has 0 aromatic heterocycles. The van der Waals surface area contributed by atoms with Gasteiger partial charge in [0, 0.05) is 11.4 Å². The van der Waals surface area contributed by atoms with E-state index in [4.69, 9.17) is 45.9 Å². The molecule has 8 aliphatic rings. The molecule has 0 aliphatic heterocycles. The Hall–Kier alpha value is -3.01. The SMILES string of the molecule is CC(/C=C(/C)[N-]c1c(C)cc(C)cc1C)=Nc1c(C)cc(C)cc1C.CC(/C=C(/C)[N-]c1c(C)cc(C)cc1C)=Nc1c(C)cc(C)cc1C.[Ni+2].[Ni+2].[S-]C12CC3CC(CC(C3)C1)C2.[S-]C12CC3CC(CC(C3)C1)C2. The summed E-state index contributed by atoms with van der Waals surface area (Å²) in [7, 11) is 0. The molecule has 0 saturated heterocycles. The van der Waals surface area contributed by atoms with Gasteiger partial charge < -0.3 is 35.9 Å². The molecule has 0 heterocycles. The van der Waals surface area contributed by atoms with Crippen LogP contribution >= 0.6 is 0 Å². The molecule has 8 fully saturated rings. The van der Waals surface area contributed by atoms with Gasteiger partial charge >= 0.3 is 33.0 Å². The fourth-order valence-electron chi connectivity index (χ4n) is 14.9. The smallest absolute Gasteiger partial charge is 0.786 e. The van der Waals surface area contributed by atoms with E-state index in [1.54, 1.807) is 0 Å². The minimum absolute atomic E-state index is 0. The van der Waals surface area contributed by atoms with E-state index in [1.165, 1.54) is 144 Å². The van der Waals surface area contributed by atoms with Gasteiger partial charge in [-0.25, -0.2) is 0 Å². The van der Waals surface area contributed by atoms with Crippen LogP contribution in [-0.4, -0.2) is 20.9 Å². The van der Waals surface area contributed by atoms with E-state index in [9.17, 15) is 0 Å². The predicted octanol–water partition coefficient (Wildman–Crippen LogP) is 19.5. The minimum Gasteiger partial charge on any atom is -0.786 e. The second kappa shape index (κ2) is 26.1. The van der Waals surface area contributed by atoms with Crippen LogP contribution in [0, 0.1) is 119 Å². The number of rotatable bonds is 8. The summed E-state index contributed by atoms with van der Waals surface area (Å²) >= 11 is 11.4. The first-order chi connectivity index (χ1) is 33.8. The van der Waals surface area contributed by atoms with E-state index < -0.39 is 0 Å². The van der Waals surface area contributed by atoms with E-state index in [0.29, 0.717) is 9.49 Å². The first-order valence-corrected chi connectivity index (χ1v) is 28.3. The van der Waals surface area contributed by atoms with Crippen molar-refractivity contribution >= 4 is 59.4 Å². The van der Waals surface area contributed by atoms with E-state index in [-0.39, 0.29) is 33.0 Å². The molecule has 0 N–H and O–H groups in total. The first kappa shape index (κ1) is 61.8. The number of aryl methyl sites for hydroxylation is 12. The molecule has 8 heteroatoms. The Morgan fingerprint density at radius 3 is 0.797 bits per heavy atom. The number of aliphatic imine (C=N–C) groups is 2. The third-order valence-corrected chi connectivity index (χ3v) is 17.5. The predicted molar refractivity (Wildman–Crippen MR) is 318 cm³/mol. The Morgan fingerprint density at radius 2 is 0.595 bits per heavy atom. The van der Waals surface area contributed by atoms with Crippen LogP contribution in [-0.2, 0) is 58.2 Å². The van der Waals surface area contributed by atoms with Crippen LogP contribution in [0.3, 0.4) is 0 Å². The fourth-order valence-corrected chi connectivity index (χ4v) is 16.3. The molecule has 0 atom stereocenters. The standard InChI is InChI=1S/2C23H29N2.2C10H16S.2Ni/c2*1-14-9-16(3)22(17(4)10-14)24-20(7)13-21(8)25-23-18(5)11-15(2)12-19(23)6;2*11-10-4-7-1-8(5-10)3-9(2-7)6-10;;/h2*9-13H,1-8H3;2*7-9,11H,1-6H2;;/q2*-1;;;2*+2/p-2/b2*20-13-,25-21?;;;;. The normalized spacial score (nSPS) is 26.4. The maximum atomic E-state index is 5.69. The number of hydrogen-bond acceptors (Lipinski definition) is 4. The second-order valence-corrected chi connectivity index (χ2v) is 26.2. The summed E-state index contributed by atoms with van der Waals surface area (Å²) in [4.78, 5) is 9.64. The minimum atomic E-state index is 0. The van der Waals surface area contributed by atoms with Crippen molar-refractivity contribution in [1.82, 2.24) is 0 Å². The van der Waals surface area contributed by atoms with Gasteiger partial charge in [0.15, 0.2) is 0 Å². The van der Waals surface area contributed by atoms with E-state index in [1.807, 2.05) is 27.7 Å². The zero-order valence-corrected chi connectivity index (χ0v) is 51.6. The second-order valence-electron chi connectivity index (χ2n) is 24.5. The maximum Gasteiger partial charge on any atom is 2.00 e. The van der Waals surface area contributed by atoms with Crippen molar-refractivity contribution in [2.45, 2.75) is 197 Å². The Bertz CT molecular complexity index is 2410. The van der Waals surface area contributed by atoms with Gasteiger partial charge in [0.2, 0.25) is 0 Å². The van der Waals surface area contributed by atoms with Crippen LogP contribution in [0.5, 0.6) is 0 Å². The molecular formula is C66H88N4Ni2S2. The molecule has 0 spiro atoms. The van der Waals surface area contributed by atoms with Crippen molar-refractivity contribution in [3.63, 3.8) is 0 Å². The van der Waals surface area contributed by atoms with Crippen LogP contribution < -0.4 is 0 Å². The third-order valence-electron chi connectivity index (χ3n) is 16.5. The van der Waals surface area contributed by atoms with Crippen LogP contribution in [0.4, 0.5) is 22.7 Å². The van der Waals surface area contributed by atoms with Crippen LogP contribution in [0.15, 0.2) is 82.1 Å². The summed E-state index contributed by atoms with van der Waals surface area (Å²) in [6, 6.07) is 17.4. The third kappa shape index (κ3) is 16.5. The molecule has 8 saturated carbocycles. The van der Waals surface area contributed by atoms with Crippen molar-refractivity contribution in [2.24, 2.45) is 45.5 Å². The van der Waals surface area contributed by atoms with Gasteiger partial charge in [-0.2, -0.15) is 20.9 Å². The Labute approximate surface area is 481 Å². The molecule has 4 aromatic rings. The molecule has 12 rings (SSSR count). The molecule has 0 unspecified atom stereocenters. The molecular weight excluding hydrogens is 1030 g/mol. The summed E-state index contributed by atoms with van der Waals surface area (Å²) < 4.78 is 0.767. The summed E-state index contributed by atoms with van der Waals surface area (Å²) in [5, 5.41) is 9.64. The average Bonchev–Trinajstić information content (AvgIpc) is 3.22. The largest absolute Gasteiger partial charge is 2.00 e. The Kier molecular flexibility index (Phi) is 21.8. The van der Waals surface area contributed by atoms with Gasteiger partial charge in [-0.15, -0.1) is 11.4 Å². The van der Waals surface area contributed by atoms with Gasteiger partial charge in [0.05, 0.1) is 11.4 Å². The fraction of sp³-hybridized carbons (Fsp3) is 0.545. The molecule has 4 nitrogen and oxygen atoms in total. The van der Waals surface area contributed by atoms with Gasteiger partial charge in [-0.05, 0) is 193 Å². The first-order valence-electron chi connectivity index (χ1n) is 27.4. The Balaban J connectivity index is 0.000000192. The molecule has 74 heavy (non-hydrogen) atoms. The number of allylic oxidation sites excluding steroid dienone is 4. The van der Waals surface area contributed by atoms with Crippen molar-refractivity contribution in [2.75, 3.05) is 0 Å². The van der Waals surface area contributed by atoms with Gasteiger partial charge in [0.1, 0.15) is 0 Å². The van der Waals surface area contributed by atoms with E-state index >= 15 is 0 Å². The molecule has 8 bridgehead atoms.